The molecule has 1 heterocycles. The molecule has 1 aromatic heterocycles. The summed E-state index contributed by atoms with van der Waals surface area (Å²) in [5.74, 6) is 1.48. The first-order valence-corrected chi connectivity index (χ1v) is 5.92. The molecule has 0 unspecified atom stereocenters. The van der Waals surface area contributed by atoms with Crippen molar-refractivity contribution in [2.24, 2.45) is 0 Å². The Labute approximate surface area is 103 Å². The van der Waals surface area contributed by atoms with E-state index >= 15 is 0 Å². The van der Waals surface area contributed by atoms with E-state index in [1.807, 2.05) is 12.1 Å². The smallest absolute Gasteiger partial charge is 0.140 e. The molecule has 82 valence electrons. The lowest BCUT2D eigenvalue weighted by Gasteiger charge is -2.01. The van der Waals surface area contributed by atoms with Crippen LogP contribution in [0.3, 0.4) is 0 Å². The fourth-order valence-electron chi connectivity index (χ4n) is 1.71. The molecule has 1 aromatic carbocycles. The van der Waals surface area contributed by atoms with Crippen molar-refractivity contribution >= 4 is 23.2 Å². The third-order valence-corrected chi connectivity index (χ3v) is 3.36. The molecule has 16 heavy (non-hydrogen) atoms. The van der Waals surface area contributed by atoms with E-state index in [-0.39, 0.29) is 0 Å². The van der Waals surface area contributed by atoms with Crippen LogP contribution in [-0.4, -0.2) is 5.16 Å². The molecule has 1 aliphatic carbocycles. The van der Waals surface area contributed by atoms with Gasteiger partial charge in [-0.1, -0.05) is 34.4 Å². The minimum atomic E-state index is 0.544. The van der Waals surface area contributed by atoms with Gasteiger partial charge in [-0.2, -0.15) is 0 Å². The first-order valence-electron chi connectivity index (χ1n) is 5.16. The number of rotatable bonds is 2. The first kappa shape index (κ1) is 10.2. The Bertz CT molecular complexity index is 511. The molecule has 2 aromatic rings. The monoisotopic (exact) mass is 253 g/mol. The fourth-order valence-corrected chi connectivity index (χ4v) is 2.30. The highest BCUT2D eigenvalue weighted by Gasteiger charge is 2.28. The average Bonchev–Trinajstić information content (AvgIpc) is 2.99. The van der Waals surface area contributed by atoms with Crippen LogP contribution in [0, 0.1) is 0 Å². The molecular weight excluding hydrogens is 245 g/mol. The molecule has 1 aliphatic rings. The lowest BCUT2D eigenvalue weighted by Crippen LogP contribution is -1.80. The third-order valence-electron chi connectivity index (χ3n) is 2.73. The van der Waals surface area contributed by atoms with Gasteiger partial charge in [0.25, 0.3) is 0 Å². The molecule has 1 fully saturated rings. The Hall–Kier alpha value is -0.990. The van der Waals surface area contributed by atoms with E-state index in [0.29, 0.717) is 16.0 Å². The van der Waals surface area contributed by atoms with Gasteiger partial charge in [-0.3, -0.25) is 0 Å². The SMILES string of the molecule is Clc1cccc(Cl)c1-c1cc(C2CC2)on1. The van der Waals surface area contributed by atoms with Crippen molar-refractivity contribution in [3.63, 3.8) is 0 Å². The van der Waals surface area contributed by atoms with Crippen LogP contribution in [-0.2, 0) is 0 Å². The summed E-state index contributed by atoms with van der Waals surface area (Å²) in [5.41, 5.74) is 1.47. The third kappa shape index (κ3) is 1.72. The number of benzene rings is 1. The second-order valence-electron chi connectivity index (χ2n) is 3.99. The Kier molecular flexibility index (Phi) is 2.41. The van der Waals surface area contributed by atoms with Gasteiger partial charge in [-0.25, -0.2) is 0 Å². The Morgan fingerprint density at radius 2 is 1.88 bits per heavy atom. The van der Waals surface area contributed by atoms with E-state index in [9.17, 15) is 0 Å². The number of nitrogens with zero attached hydrogens (tertiary/aromatic N) is 1. The Morgan fingerprint density at radius 3 is 2.50 bits per heavy atom. The zero-order valence-corrected chi connectivity index (χ0v) is 9.92. The molecule has 0 N–H and O–H groups in total. The van der Waals surface area contributed by atoms with Gasteiger partial charge in [-0.15, -0.1) is 0 Å². The predicted octanol–water partition coefficient (Wildman–Crippen LogP) is 4.53. The normalized spacial score (nSPS) is 15.4. The summed E-state index contributed by atoms with van der Waals surface area (Å²) in [7, 11) is 0. The summed E-state index contributed by atoms with van der Waals surface area (Å²) in [6, 6.07) is 7.35. The number of hydrogen-bond acceptors (Lipinski definition) is 2. The van der Waals surface area contributed by atoms with Crippen LogP contribution in [0.2, 0.25) is 10.0 Å². The van der Waals surface area contributed by atoms with E-state index in [2.05, 4.69) is 5.16 Å². The van der Waals surface area contributed by atoms with Gasteiger partial charge in [0.05, 0.1) is 10.0 Å². The molecule has 1 saturated carbocycles. The van der Waals surface area contributed by atoms with Crippen LogP contribution in [0.4, 0.5) is 0 Å². The van der Waals surface area contributed by atoms with Crippen molar-refractivity contribution in [1.29, 1.82) is 0 Å². The van der Waals surface area contributed by atoms with Gasteiger partial charge in [-0.05, 0) is 25.0 Å². The Balaban J connectivity index is 2.06. The maximum Gasteiger partial charge on any atom is 0.140 e. The van der Waals surface area contributed by atoms with Gasteiger partial charge in [0, 0.05) is 17.5 Å². The number of hydrogen-bond donors (Lipinski definition) is 0. The van der Waals surface area contributed by atoms with Crippen molar-refractivity contribution in [1.82, 2.24) is 5.16 Å². The largest absolute Gasteiger partial charge is 0.360 e. The molecule has 0 aliphatic heterocycles. The minimum absolute atomic E-state index is 0.544. The summed E-state index contributed by atoms with van der Waals surface area (Å²) in [4.78, 5) is 0. The zero-order valence-electron chi connectivity index (χ0n) is 8.41. The zero-order chi connectivity index (χ0) is 11.1. The van der Waals surface area contributed by atoms with Crippen LogP contribution < -0.4 is 0 Å². The van der Waals surface area contributed by atoms with Gasteiger partial charge in [0.2, 0.25) is 0 Å². The van der Waals surface area contributed by atoms with Gasteiger partial charge < -0.3 is 4.52 Å². The van der Waals surface area contributed by atoms with Crippen molar-refractivity contribution in [2.45, 2.75) is 18.8 Å². The molecule has 0 spiro atoms. The van der Waals surface area contributed by atoms with Crippen molar-refractivity contribution < 1.29 is 4.52 Å². The molecule has 0 saturated heterocycles. The number of halogens is 2. The van der Waals surface area contributed by atoms with Crippen LogP contribution in [0.1, 0.15) is 24.5 Å². The highest BCUT2D eigenvalue weighted by molar-refractivity contribution is 6.39. The van der Waals surface area contributed by atoms with E-state index in [1.54, 1.807) is 12.1 Å². The lowest BCUT2D eigenvalue weighted by molar-refractivity contribution is 0.386. The van der Waals surface area contributed by atoms with E-state index in [0.717, 1.165) is 17.0 Å². The molecule has 0 atom stereocenters. The van der Waals surface area contributed by atoms with Crippen LogP contribution in [0.15, 0.2) is 28.8 Å². The topological polar surface area (TPSA) is 26.0 Å². The highest BCUT2D eigenvalue weighted by atomic mass is 35.5. The first-order chi connectivity index (χ1) is 7.75. The van der Waals surface area contributed by atoms with Crippen LogP contribution in [0.25, 0.3) is 11.3 Å². The van der Waals surface area contributed by atoms with E-state index < -0.39 is 0 Å². The number of aromatic nitrogens is 1. The lowest BCUT2D eigenvalue weighted by atomic mass is 10.1. The average molecular weight is 254 g/mol. The standard InChI is InChI=1S/C12H9Cl2NO/c13-8-2-1-3-9(14)12(8)10-6-11(16-15-10)7-4-5-7/h1-3,6-7H,4-5H2. The molecule has 0 radical (unpaired) electrons. The Morgan fingerprint density at radius 1 is 1.19 bits per heavy atom. The molecule has 2 nitrogen and oxygen atoms in total. The summed E-state index contributed by atoms with van der Waals surface area (Å²) >= 11 is 12.2. The van der Waals surface area contributed by atoms with Crippen molar-refractivity contribution in [3.05, 3.63) is 40.1 Å². The van der Waals surface area contributed by atoms with Crippen LogP contribution >= 0.6 is 23.2 Å². The molecule has 0 bridgehead atoms. The maximum absolute atomic E-state index is 6.10. The summed E-state index contributed by atoms with van der Waals surface area (Å²) < 4.78 is 5.29. The second-order valence-corrected chi connectivity index (χ2v) is 4.80. The van der Waals surface area contributed by atoms with Gasteiger partial charge in [0.15, 0.2) is 0 Å². The highest BCUT2D eigenvalue weighted by Crippen LogP contribution is 2.42. The predicted molar refractivity (Wildman–Crippen MR) is 63.9 cm³/mol. The van der Waals surface area contributed by atoms with Crippen LogP contribution in [0.5, 0.6) is 0 Å². The van der Waals surface area contributed by atoms with Gasteiger partial charge >= 0.3 is 0 Å². The summed E-state index contributed by atoms with van der Waals surface area (Å²) in [6.45, 7) is 0. The maximum atomic E-state index is 6.10. The fraction of sp³-hybridized carbons (Fsp3) is 0.250. The van der Waals surface area contributed by atoms with E-state index in [1.165, 1.54) is 12.8 Å². The molecule has 0 amide bonds. The molecule has 3 rings (SSSR count). The minimum Gasteiger partial charge on any atom is -0.360 e. The molecular formula is C12H9Cl2NO. The van der Waals surface area contributed by atoms with E-state index in [4.69, 9.17) is 27.7 Å². The molecule has 4 heteroatoms. The quantitative estimate of drug-likeness (QED) is 0.787. The summed E-state index contributed by atoms with van der Waals surface area (Å²) in [6.07, 6.45) is 2.37. The van der Waals surface area contributed by atoms with Crippen molar-refractivity contribution in [3.8, 4) is 11.3 Å². The summed E-state index contributed by atoms with van der Waals surface area (Å²) in [5, 5.41) is 5.23. The van der Waals surface area contributed by atoms with Crippen molar-refractivity contribution in [2.75, 3.05) is 0 Å². The second kappa shape index (κ2) is 3.79. The van der Waals surface area contributed by atoms with Gasteiger partial charge in [0.1, 0.15) is 11.5 Å².